The van der Waals surface area contributed by atoms with E-state index in [-0.39, 0.29) is 81.5 Å². The monoisotopic (exact) mass is 1130 g/mol. The molecule has 4 aromatic carbocycles. The predicted octanol–water partition coefficient (Wildman–Crippen LogP) is 11.3. The van der Waals surface area contributed by atoms with E-state index in [0.29, 0.717) is 67.3 Å². The smallest absolute Gasteiger partial charge is 0.334 e. The van der Waals surface area contributed by atoms with Gasteiger partial charge in [-0.25, -0.2) is 9.98 Å². The number of hydrogen-bond acceptors (Lipinski definition) is 17. The SMILES string of the molecule is O=C1C(=NC2=Cc3sc4c5c(sc4c3C2(C(=O)OCc2ccccc2)C(=O)OCc2ccccc2)-c2sc(N=C3C(=O)C4CCCCC4C3=O)cc2C5(C(=O)OCc2ccccc2)C(=O)OCc2ccccc2)C(=O)C2CCCCC12. The number of rotatable bonds is 14. The van der Waals surface area contributed by atoms with E-state index in [2.05, 4.69) is 0 Å². The van der Waals surface area contributed by atoms with Crippen LogP contribution in [0.4, 0.5) is 5.00 Å². The molecule has 81 heavy (non-hydrogen) atoms. The largest absolute Gasteiger partial charge is 0.459 e. The van der Waals surface area contributed by atoms with Crippen LogP contribution in [-0.4, -0.2) is 58.4 Å². The molecule has 0 amide bonds. The quantitative estimate of drug-likeness (QED) is 0.0568. The number of fused-ring (bicyclic) bond motifs is 9. The Bertz CT molecular complexity index is 3710. The molecule has 3 heterocycles. The predicted molar refractivity (Wildman–Crippen MR) is 304 cm³/mol. The Balaban J connectivity index is 1.04. The van der Waals surface area contributed by atoms with Crippen molar-refractivity contribution in [2.45, 2.75) is 88.6 Å². The molecule has 0 aliphatic heterocycles. The molecule has 0 N–H and O–H groups in total. The first-order valence-electron chi connectivity index (χ1n) is 27.1. The number of Topliss-reactive ketones (excluding diaryl/α,β-unsaturated/α-hetero) is 4. The molecule has 3 aromatic heterocycles. The minimum absolute atomic E-state index is 0.0696. The van der Waals surface area contributed by atoms with Crippen LogP contribution in [0.5, 0.6) is 0 Å². The lowest BCUT2D eigenvalue weighted by atomic mass is 9.78. The summed E-state index contributed by atoms with van der Waals surface area (Å²) in [7, 11) is 0. The van der Waals surface area contributed by atoms with Crippen LogP contribution in [0.15, 0.2) is 143 Å². The average molecular weight is 1140 g/mol. The molecule has 0 radical (unpaired) electrons. The highest BCUT2D eigenvalue weighted by Crippen LogP contribution is 2.65. The van der Waals surface area contributed by atoms with Crippen LogP contribution in [-0.2, 0) is 94.6 Å². The first-order valence-corrected chi connectivity index (χ1v) is 29.6. The standard InChI is InChI=1S/C64H50N2O12S3/c67-51-39-25-13-14-26-40(39)52(68)49(51)65-45-30-44-47(64(45,61(73)77-33-37-21-9-3-10-22-37)62(74)78-34-38-23-11-4-12-24-38)56-58(79-44)48-57(81-56)55-43(29-46(80-55)66-50-53(69)41-27-15-16-28-42(41)54(50)70)63(48,59(71)75-31-35-17-5-1-6-18-35)60(72)76-32-36-19-7-2-8-20-36/h1-12,17-24,29-30,39-42H,13-16,25-28,31-34H2. The molecule has 13 rings (SSSR count). The van der Waals surface area contributed by atoms with Crippen LogP contribution in [0.3, 0.4) is 0 Å². The van der Waals surface area contributed by atoms with Gasteiger partial charge in [0.05, 0.1) is 24.9 Å². The summed E-state index contributed by atoms with van der Waals surface area (Å²) in [4.78, 5) is 130. The van der Waals surface area contributed by atoms with Crippen LogP contribution < -0.4 is 0 Å². The van der Waals surface area contributed by atoms with Gasteiger partial charge in [-0.15, -0.1) is 34.0 Å². The summed E-state index contributed by atoms with van der Waals surface area (Å²) in [6.45, 7) is -1.06. The highest BCUT2D eigenvalue weighted by atomic mass is 32.1. The van der Waals surface area contributed by atoms with Gasteiger partial charge in [0.2, 0.25) is 10.8 Å². The minimum atomic E-state index is -2.59. The summed E-state index contributed by atoms with van der Waals surface area (Å²) in [5, 5.41) is 0.189. The average Bonchev–Trinajstić information content (AvgIpc) is 1.93. The molecule has 406 valence electrons. The van der Waals surface area contributed by atoms with E-state index in [1.165, 1.54) is 6.08 Å². The van der Waals surface area contributed by atoms with Crippen molar-refractivity contribution >= 4 is 113 Å². The lowest BCUT2D eigenvalue weighted by molar-refractivity contribution is -0.166. The molecule has 4 saturated carbocycles. The topological polar surface area (TPSA) is 198 Å². The number of ether oxygens (including phenoxy) is 4. The zero-order valence-corrected chi connectivity index (χ0v) is 46.0. The molecule has 4 atom stereocenters. The Hall–Kier alpha value is -8.12. The van der Waals surface area contributed by atoms with Gasteiger partial charge in [0.25, 0.3) is 0 Å². The number of aliphatic imine (C=N–C) groups is 2. The first kappa shape index (κ1) is 52.3. The van der Waals surface area contributed by atoms with Crippen molar-refractivity contribution in [3.63, 3.8) is 0 Å². The maximum atomic E-state index is 15.8. The Labute approximate surface area is 476 Å². The van der Waals surface area contributed by atoms with Crippen molar-refractivity contribution in [2.24, 2.45) is 33.7 Å². The number of thiophene rings is 3. The van der Waals surface area contributed by atoms with Crippen LogP contribution in [0.25, 0.3) is 25.2 Å². The Morgan fingerprint density at radius 3 is 1.22 bits per heavy atom. The van der Waals surface area contributed by atoms with E-state index < -0.39 is 69.9 Å². The van der Waals surface area contributed by atoms with Gasteiger partial charge in [0.1, 0.15) is 37.1 Å². The summed E-state index contributed by atoms with van der Waals surface area (Å²) in [5.41, 5.74) is -2.90. The fraction of sp³-hybridized carbons (Fsp3) is 0.281. The van der Waals surface area contributed by atoms with Crippen molar-refractivity contribution in [3.05, 3.63) is 177 Å². The highest BCUT2D eigenvalue weighted by molar-refractivity contribution is 7.33. The van der Waals surface area contributed by atoms with Gasteiger partial charge in [0.15, 0.2) is 28.8 Å². The number of ketones is 4. The van der Waals surface area contributed by atoms with Gasteiger partial charge in [-0.05, 0) is 60.1 Å². The minimum Gasteiger partial charge on any atom is -0.459 e. The number of carbonyl (C=O) groups is 8. The second kappa shape index (κ2) is 21.1. The van der Waals surface area contributed by atoms with Gasteiger partial charge < -0.3 is 18.9 Å². The fourth-order valence-electron chi connectivity index (χ4n) is 12.6. The van der Waals surface area contributed by atoms with Gasteiger partial charge in [-0.1, -0.05) is 147 Å². The normalized spacial score (nSPS) is 20.9. The summed E-state index contributed by atoms with van der Waals surface area (Å²) in [5.74, 6) is -7.86. The Kier molecular flexibility index (Phi) is 13.6. The number of nitrogens with zero attached hydrogens (tertiary/aromatic N) is 2. The maximum Gasteiger partial charge on any atom is 0.334 e. The zero-order chi connectivity index (χ0) is 55.6. The van der Waals surface area contributed by atoms with Gasteiger partial charge in [0, 0.05) is 45.2 Å². The first-order chi connectivity index (χ1) is 39.5. The third-order valence-corrected chi connectivity index (χ3v) is 20.3. The molecule has 14 nitrogen and oxygen atoms in total. The summed E-state index contributed by atoms with van der Waals surface area (Å²) in [6, 6.07) is 37.2. The molecule has 4 fully saturated rings. The molecular weight excluding hydrogens is 1080 g/mol. The lowest BCUT2D eigenvalue weighted by Crippen LogP contribution is -2.46. The molecule has 7 aromatic rings. The van der Waals surface area contributed by atoms with E-state index in [1.807, 2.05) is 24.3 Å². The molecule has 6 aliphatic carbocycles. The van der Waals surface area contributed by atoms with Crippen LogP contribution in [0, 0.1) is 23.7 Å². The van der Waals surface area contributed by atoms with Crippen molar-refractivity contribution in [1.29, 1.82) is 0 Å². The number of hydrogen-bond donors (Lipinski definition) is 0. The van der Waals surface area contributed by atoms with Crippen molar-refractivity contribution in [2.75, 3.05) is 0 Å². The maximum absolute atomic E-state index is 15.8. The highest BCUT2D eigenvalue weighted by Gasteiger charge is 2.65. The van der Waals surface area contributed by atoms with Gasteiger partial charge >= 0.3 is 23.9 Å². The van der Waals surface area contributed by atoms with Crippen molar-refractivity contribution in [1.82, 2.24) is 0 Å². The van der Waals surface area contributed by atoms with E-state index in [1.54, 1.807) is 103 Å². The third kappa shape index (κ3) is 8.61. The number of carbonyl (C=O) groups excluding carboxylic acids is 8. The van der Waals surface area contributed by atoms with Crippen molar-refractivity contribution < 1.29 is 57.3 Å². The Morgan fingerprint density at radius 2 is 0.815 bits per heavy atom. The molecule has 17 heteroatoms. The van der Waals surface area contributed by atoms with E-state index in [9.17, 15) is 19.2 Å². The second-order valence-electron chi connectivity index (χ2n) is 21.3. The third-order valence-electron chi connectivity index (χ3n) is 16.6. The van der Waals surface area contributed by atoms with Crippen LogP contribution in [0.2, 0.25) is 0 Å². The molecule has 4 unspecified atom stereocenters. The summed E-state index contributed by atoms with van der Waals surface area (Å²) >= 11 is 3.26. The van der Waals surface area contributed by atoms with Gasteiger partial charge in [-0.2, -0.15) is 0 Å². The lowest BCUT2D eigenvalue weighted by Gasteiger charge is -2.28. The Morgan fingerprint density at radius 1 is 0.444 bits per heavy atom. The summed E-state index contributed by atoms with van der Waals surface area (Å²) in [6.07, 6.45) is 6.82. The summed E-state index contributed by atoms with van der Waals surface area (Å²) < 4.78 is 25.5. The fourth-order valence-corrected chi connectivity index (χ4v) is 16.9. The molecule has 6 aliphatic rings. The number of esters is 4. The second-order valence-corrected chi connectivity index (χ2v) is 24.4. The van der Waals surface area contributed by atoms with E-state index >= 15 is 19.2 Å². The zero-order valence-electron chi connectivity index (χ0n) is 43.5. The van der Waals surface area contributed by atoms with Crippen LogP contribution in [0.1, 0.15) is 95.2 Å². The van der Waals surface area contributed by atoms with E-state index in [0.717, 1.165) is 59.7 Å². The molecule has 0 saturated heterocycles. The van der Waals surface area contributed by atoms with Crippen LogP contribution >= 0.6 is 34.0 Å². The molecular formula is C64H50N2O12S3. The van der Waals surface area contributed by atoms with E-state index in [4.69, 9.17) is 28.9 Å². The van der Waals surface area contributed by atoms with Crippen molar-refractivity contribution in [3.8, 4) is 9.75 Å². The molecule has 0 bridgehead atoms. The number of benzene rings is 4. The molecule has 0 spiro atoms. The van der Waals surface area contributed by atoms with Gasteiger partial charge in [-0.3, -0.25) is 38.4 Å².